The number of hydrogen-bond acceptors (Lipinski definition) is 4. The van der Waals surface area contributed by atoms with E-state index in [2.05, 4.69) is 10.3 Å². The molecule has 1 heterocycles. The number of para-hydroxylation sites is 1. The monoisotopic (exact) mass is 454 g/mol. The standard InChI is InChI=1S/C22H26F3N2O3P/c1-14(2)29-31(28,30-15(3)4)21(19-13-26-20-11-6-5-10-18(19)20)27-17-9-7-8-16(12-17)22(23,24)25/h5-15,21,26-27H,1-4H3/t21-/m0/s1. The van der Waals surface area contributed by atoms with Gasteiger partial charge in [-0.1, -0.05) is 24.3 Å². The lowest BCUT2D eigenvalue weighted by Crippen LogP contribution is -2.19. The van der Waals surface area contributed by atoms with E-state index in [4.69, 9.17) is 9.05 Å². The Morgan fingerprint density at radius 3 is 2.23 bits per heavy atom. The first-order valence-corrected chi connectivity index (χ1v) is 11.6. The molecule has 0 saturated heterocycles. The number of halogens is 3. The minimum atomic E-state index is -4.50. The van der Waals surface area contributed by atoms with Crippen molar-refractivity contribution >= 4 is 24.2 Å². The van der Waals surface area contributed by atoms with Gasteiger partial charge in [0.15, 0.2) is 5.78 Å². The Hall–Kier alpha value is -2.28. The van der Waals surface area contributed by atoms with Crippen molar-refractivity contribution < 1.29 is 26.8 Å². The van der Waals surface area contributed by atoms with Gasteiger partial charge in [0.1, 0.15) is 0 Å². The van der Waals surface area contributed by atoms with E-state index in [9.17, 15) is 17.7 Å². The van der Waals surface area contributed by atoms with Crippen LogP contribution >= 0.6 is 7.60 Å². The van der Waals surface area contributed by atoms with Crippen molar-refractivity contribution in [3.63, 3.8) is 0 Å². The number of hydrogen-bond donors (Lipinski definition) is 2. The van der Waals surface area contributed by atoms with Crippen LogP contribution in [-0.2, 0) is 19.8 Å². The lowest BCUT2D eigenvalue weighted by molar-refractivity contribution is -0.137. The highest BCUT2D eigenvalue weighted by Gasteiger charge is 2.41. The summed E-state index contributed by atoms with van der Waals surface area (Å²) >= 11 is 0. The number of H-pyrrole nitrogens is 1. The van der Waals surface area contributed by atoms with Gasteiger partial charge in [0, 0.05) is 28.4 Å². The average Bonchev–Trinajstić information content (AvgIpc) is 3.08. The number of benzene rings is 2. The molecule has 0 aliphatic carbocycles. The van der Waals surface area contributed by atoms with Crippen LogP contribution in [0.25, 0.3) is 10.9 Å². The second-order valence-corrected chi connectivity index (χ2v) is 9.78. The highest BCUT2D eigenvalue weighted by atomic mass is 31.2. The fourth-order valence-corrected chi connectivity index (χ4v) is 5.65. The topological polar surface area (TPSA) is 63.4 Å². The fraction of sp³-hybridized carbons (Fsp3) is 0.364. The van der Waals surface area contributed by atoms with Crippen LogP contribution in [0.15, 0.2) is 54.7 Å². The summed E-state index contributed by atoms with van der Waals surface area (Å²) in [6.45, 7) is 6.92. The Morgan fingerprint density at radius 1 is 0.968 bits per heavy atom. The molecule has 2 aromatic carbocycles. The lowest BCUT2D eigenvalue weighted by atomic mass is 10.1. The van der Waals surface area contributed by atoms with Gasteiger partial charge in [0.05, 0.1) is 17.8 Å². The molecule has 9 heteroatoms. The molecule has 2 N–H and O–H groups in total. The van der Waals surface area contributed by atoms with Crippen molar-refractivity contribution in [1.82, 2.24) is 4.98 Å². The number of rotatable bonds is 8. The van der Waals surface area contributed by atoms with Gasteiger partial charge in [-0.05, 0) is 52.0 Å². The zero-order valence-corrected chi connectivity index (χ0v) is 18.6. The van der Waals surface area contributed by atoms with E-state index in [1.165, 1.54) is 12.1 Å². The second kappa shape index (κ2) is 9.07. The zero-order chi connectivity index (χ0) is 22.8. The van der Waals surface area contributed by atoms with Crippen LogP contribution in [0, 0.1) is 0 Å². The van der Waals surface area contributed by atoms with Gasteiger partial charge in [0.2, 0.25) is 0 Å². The zero-order valence-electron chi connectivity index (χ0n) is 17.7. The maximum Gasteiger partial charge on any atom is 0.416 e. The molecule has 1 aromatic heterocycles. The highest BCUT2D eigenvalue weighted by molar-refractivity contribution is 7.54. The SMILES string of the molecule is CC(C)OP(=O)(OC(C)C)[C@H](Nc1cccc(C(F)(F)F)c1)c1c[nH]c2ccccc12. The van der Waals surface area contributed by atoms with Crippen LogP contribution < -0.4 is 5.32 Å². The molecule has 0 bridgehead atoms. The molecule has 3 aromatic rings. The second-order valence-electron chi connectivity index (χ2n) is 7.76. The molecule has 31 heavy (non-hydrogen) atoms. The summed E-state index contributed by atoms with van der Waals surface area (Å²) in [6.07, 6.45) is -3.68. The van der Waals surface area contributed by atoms with Gasteiger partial charge in [-0.3, -0.25) is 4.57 Å². The number of alkyl halides is 3. The molecule has 0 spiro atoms. The van der Waals surface area contributed by atoms with Crippen LogP contribution in [0.4, 0.5) is 18.9 Å². The number of nitrogens with one attached hydrogen (secondary N) is 2. The molecule has 5 nitrogen and oxygen atoms in total. The van der Waals surface area contributed by atoms with Crippen molar-refractivity contribution in [2.75, 3.05) is 5.32 Å². The lowest BCUT2D eigenvalue weighted by Gasteiger charge is -2.31. The minimum absolute atomic E-state index is 0.157. The summed E-state index contributed by atoms with van der Waals surface area (Å²) in [4.78, 5) is 3.12. The van der Waals surface area contributed by atoms with Crippen LogP contribution in [-0.4, -0.2) is 17.2 Å². The van der Waals surface area contributed by atoms with E-state index in [0.717, 1.165) is 23.0 Å². The van der Waals surface area contributed by atoms with E-state index in [1.54, 1.807) is 33.9 Å². The summed E-state index contributed by atoms with van der Waals surface area (Å²) < 4.78 is 65.3. The molecule has 0 aliphatic rings. The molecule has 0 aliphatic heterocycles. The Bertz CT molecular complexity index is 1070. The maximum atomic E-state index is 14.0. The first-order chi connectivity index (χ1) is 14.5. The van der Waals surface area contributed by atoms with Crippen molar-refractivity contribution in [3.05, 3.63) is 65.9 Å². The third-order valence-corrected chi connectivity index (χ3v) is 6.91. The highest BCUT2D eigenvalue weighted by Crippen LogP contribution is 2.63. The average molecular weight is 454 g/mol. The van der Waals surface area contributed by atoms with Gasteiger partial charge in [-0.2, -0.15) is 13.2 Å². The van der Waals surface area contributed by atoms with E-state index in [-0.39, 0.29) is 5.69 Å². The first kappa shape index (κ1) is 23.4. The quantitative estimate of drug-likeness (QED) is 0.350. The maximum absolute atomic E-state index is 14.0. The molecule has 0 unspecified atom stereocenters. The van der Waals surface area contributed by atoms with Gasteiger partial charge < -0.3 is 19.3 Å². The normalized spacial score (nSPS) is 13.8. The smallest absolute Gasteiger partial charge is 0.368 e. The number of aromatic amines is 1. The Labute approximate surface area is 179 Å². The van der Waals surface area contributed by atoms with Gasteiger partial charge >= 0.3 is 13.8 Å². The van der Waals surface area contributed by atoms with E-state index < -0.39 is 37.3 Å². The molecular weight excluding hydrogens is 428 g/mol. The fourth-order valence-electron chi connectivity index (χ4n) is 3.32. The molecule has 0 amide bonds. The van der Waals surface area contributed by atoms with E-state index in [0.29, 0.717) is 5.56 Å². The predicted molar refractivity (Wildman–Crippen MR) is 116 cm³/mol. The van der Waals surface area contributed by atoms with Crippen molar-refractivity contribution in [2.45, 2.75) is 51.9 Å². The molecular formula is C22H26F3N2O3P. The molecule has 0 fully saturated rings. The number of aromatic nitrogens is 1. The summed E-state index contributed by atoms with van der Waals surface area (Å²) in [5.74, 6) is -1.03. The number of anilines is 1. The van der Waals surface area contributed by atoms with Gasteiger partial charge in [-0.25, -0.2) is 0 Å². The minimum Gasteiger partial charge on any atom is -0.368 e. The first-order valence-electron chi connectivity index (χ1n) is 9.96. The van der Waals surface area contributed by atoms with Crippen LogP contribution in [0.1, 0.15) is 44.6 Å². The third-order valence-electron chi connectivity index (χ3n) is 4.44. The Kier molecular flexibility index (Phi) is 6.84. The third kappa shape index (κ3) is 5.50. The molecule has 168 valence electrons. The summed E-state index contributed by atoms with van der Waals surface area (Å²) in [7, 11) is -3.87. The summed E-state index contributed by atoms with van der Waals surface area (Å²) in [5.41, 5.74) is 0.733. The summed E-state index contributed by atoms with van der Waals surface area (Å²) in [6, 6.07) is 12.2. The van der Waals surface area contributed by atoms with E-state index >= 15 is 0 Å². The van der Waals surface area contributed by atoms with Crippen LogP contribution in [0.5, 0.6) is 0 Å². The van der Waals surface area contributed by atoms with Crippen LogP contribution in [0.2, 0.25) is 0 Å². The van der Waals surface area contributed by atoms with Crippen molar-refractivity contribution in [1.29, 1.82) is 0 Å². The molecule has 1 atom stereocenters. The van der Waals surface area contributed by atoms with Gasteiger partial charge in [0.25, 0.3) is 0 Å². The van der Waals surface area contributed by atoms with Crippen LogP contribution in [0.3, 0.4) is 0 Å². The number of fused-ring (bicyclic) bond motifs is 1. The molecule has 0 saturated carbocycles. The molecule has 3 rings (SSSR count). The Balaban J connectivity index is 2.13. The van der Waals surface area contributed by atoms with E-state index in [1.807, 2.05) is 24.3 Å². The molecule has 0 radical (unpaired) electrons. The Morgan fingerprint density at radius 2 is 1.61 bits per heavy atom. The summed E-state index contributed by atoms with van der Waals surface area (Å²) in [5, 5.41) is 3.77. The predicted octanol–water partition coefficient (Wildman–Crippen LogP) is 7.34. The van der Waals surface area contributed by atoms with Gasteiger partial charge in [-0.15, -0.1) is 0 Å². The van der Waals surface area contributed by atoms with Crippen molar-refractivity contribution in [2.24, 2.45) is 0 Å². The van der Waals surface area contributed by atoms with Crippen molar-refractivity contribution in [3.8, 4) is 0 Å². The largest absolute Gasteiger partial charge is 0.416 e.